The lowest BCUT2D eigenvalue weighted by atomic mass is 9.85. The molecule has 0 radical (unpaired) electrons. The number of allylic oxidation sites excluding steroid dienone is 2. The first-order chi connectivity index (χ1) is 16.2. The molecular weight excluding hydrogens is 594 g/mol. The standard InChI is InChI=1S/C23H16Br2ClN3O5/c24-15-4-3-14(16(25)8-15)10-34-21-17(26)5-11(6-18(21)29(32)33)9-27-28-22(30)19-12-1-2-13(7-12)20(19)23(28)31/h1-6,8-9,12-13,19-20H,7,10H2/t12-,13-,19-,20+/m0/s1. The fourth-order valence-corrected chi connectivity index (χ4v) is 6.30. The molecule has 2 bridgehead atoms. The van der Waals surface area contributed by atoms with E-state index in [9.17, 15) is 19.7 Å². The second-order valence-electron chi connectivity index (χ2n) is 8.37. The fraction of sp³-hybridized carbons (Fsp3) is 0.261. The van der Waals surface area contributed by atoms with Crippen molar-refractivity contribution in [2.75, 3.05) is 0 Å². The molecule has 1 saturated carbocycles. The molecule has 3 aliphatic rings. The number of imide groups is 1. The molecule has 1 heterocycles. The van der Waals surface area contributed by atoms with Crippen LogP contribution in [0.4, 0.5) is 5.69 Å². The van der Waals surface area contributed by atoms with Gasteiger partial charge in [0.05, 0.1) is 28.0 Å². The van der Waals surface area contributed by atoms with E-state index < -0.39 is 4.92 Å². The van der Waals surface area contributed by atoms with Gasteiger partial charge in [0.15, 0.2) is 0 Å². The minimum absolute atomic E-state index is 0.0158. The van der Waals surface area contributed by atoms with E-state index in [2.05, 4.69) is 37.0 Å². The second-order valence-corrected chi connectivity index (χ2v) is 10.5. The van der Waals surface area contributed by atoms with Crippen LogP contribution in [0.1, 0.15) is 17.5 Å². The number of benzene rings is 2. The molecule has 4 atom stereocenters. The molecular formula is C23H16Br2ClN3O5. The van der Waals surface area contributed by atoms with Crippen LogP contribution in [0.25, 0.3) is 0 Å². The molecule has 1 aliphatic heterocycles. The lowest BCUT2D eigenvalue weighted by Gasteiger charge is -2.13. The van der Waals surface area contributed by atoms with Crippen LogP contribution in [0.3, 0.4) is 0 Å². The maximum Gasteiger partial charge on any atom is 0.313 e. The summed E-state index contributed by atoms with van der Waals surface area (Å²) >= 11 is 13.1. The molecule has 2 aromatic rings. The van der Waals surface area contributed by atoms with E-state index in [1.807, 2.05) is 30.4 Å². The number of nitro benzene ring substituents is 1. The van der Waals surface area contributed by atoms with Crippen molar-refractivity contribution in [2.45, 2.75) is 13.0 Å². The smallest absolute Gasteiger partial charge is 0.313 e. The van der Waals surface area contributed by atoms with Crippen LogP contribution in [0, 0.1) is 33.8 Å². The van der Waals surface area contributed by atoms with Gasteiger partial charge in [0, 0.05) is 26.1 Å². The average Bonchev–Trinajstić information content (AvgIpc) is 3.46. The van der Waals surface area contributed by atoms with Gasteiger partial charge in [-0.15, -0.1) is 0 Å². The zero-order valence-corrected chi connectivity index (χ0v) is 21.3. The van der Waals surface area contributed by atoms with Crippen molar-refractivity contribution >= 4 is 67.2 Å². The van der Waals surface area contributed by atoms with E-state index in [0.29, 0.717) is 0 Å². The quantitative estimate of drug-likeness (QED) is 0.142. The predicted octanol–water partition coefficient (Wildman–Crippen LogP) is 5.49. The molecule has 2 aliphatic carbocycles. The topological polar surface area (TPSA) is 102 Å². The van der Waals surface area contributed by atoms with Gasteiger partial charge >= 0.3 is 5.69 Å². The van der Waals surface area contributed by atoms with Gasteiger partial charge in [0.1, 0.15) is 6.61 Å². The van der Waals surface area contributed by atoms with Gasteiger partial charge in [0.25, 0.3) is 11.8 Å². The zero-order valence-electron chi connectivity index (χ0n) is 17.4. The van der Waals surface area contributed by atoms with E-state index in [-0.39, 0.29) is 64.1 Å². The summed E-state index contributed by atoms with van der Waals surface area (Å²) in [7, 11) is 0. The molecule has 0 aromatic heterocycles. The van der Waals surface area contributed by atoms with E-state index in [0.717, 1.165) is 25.9 Å². The van der Waals surface area contributed by atoms with Crippen LogP contribution in [0.2, 0.25) is 5.02 Å². The average molecular weight is 610 g/mol. The van der Waals surface area contributed by atoms with Crippen LogP contribution in [0.5, 0.6) is 5.75 Å². The Morgan fingerprint density at radius 1 is 1.15 bits per heavy atom. The molecule has 2 aromatic carbocycles. The Morgan fingerprint density at radius 2 is 1.82 bits per heavy atom. The minimum atomic E-state index is -0.602. The summed E-state index contributed by atoms with van der Waals surface area (Å²) < 4.78 is 7.34. The molecule has 174 valence electrons. The summed E-state index contributed by atoms with van der Waals surface area (Å²) in [4.78, 5) is 36.6. The number of hydrogen-bond donors (Lipinski definition) is 0. The summed E-state index contributed by atoms with van der Waals surface area (Å²) in [6, 6.07) is 8.18. The van der Waals surface area contributed by atoms with Crippen molar-refractivity contribution in [3.8, 4) is 5.75 Å². The molecule has 0 spiro atoms. The summed E-state index contributed by atoms with van der Waals surface area (Å²) in [5.74, 6) is -1.33. The Balaban J connectivity index is 1.37. The number of rotatable bonds is 6. The number of carbonyl (C=O) groups excluding carboxylic acids is 2. The number of ether oxygens (including phenoxy) is 1. The first-order valence-corrected chi connectivity index (χ1v) is 12.4. The Hall–Kier alpha value is -2.56. The van der Waals surface area contributed by atoms with E-state index in [4.69, 9.17) is 16.3 Å². The maximum atomic E-state index is 12.8. The first kappa shape index (κ1) is 23.2. The maximum absolute atomic E-state index is 12.8. The minimum Gasteiger partial charge on any atom is -0.481 e. The number of nitrogens with zero attached hydrogens (tertiary/aromatic N) is 3. The van der Waals surface area contributed by atoms with Gasteiger partial charge in [-0.3, -0.25) is 19.7 Å². The normalized spacial score (nSPS) is 25.0. The highest BCUT2D eigenvalue weighted by Gasteiger charge is 2.59. The van der Waals surface area contributed by atoms with Gasteiger partial charge < -0.3 is 4.74 Å². The SMILES string of the molecule is O=C1[C@@H]2[C@H](C(=O)N1N=Cc1cc(Cl)c(OCc3ccc(Br)cc3Br)c([N+](=O)[O-])c1)[C@H]1C=C[C@H]2C1. The largest absolute Gasteiger partial charge is 0.481 e. The van der Waals surface area contributed by atoms with Crippen molar-refractivity contribution < 1.29 is 19.2 Å². The molecule has 5 rings (SSSR count). The van der Waals surface area contributed by atoms with Gasteiger partial charge in [-0.25, -0.2) is 0 Å². The second kappa shape index (κ2) is 8.90. The third-order valence-electron chi connectivity index (χ3n) is 6.40. The summed E-state index contributed by atoms with van der Waals surface area (Å²) in [5.41, 5.74) is 0.701. The van der Waals surface area contributed by atoms with Gasteiger partial charge in [-0.1, -0.05) is 61.7 Å². The number of nitro groups is 1. The Kier molecular flexibility index (Phi) is 6.07. The van der Waals surface area contributed by atoms with Gasteiger partial charge in [-0.2, -0.15) is 10.1 Å². The van der Waals surface area contributed by atoms with Gasteiger partial charge in [0.2, 0.25) is 5.75 Å². The molecule has 34 heavy (non-hydrogen) atoms. The van der Waals surface area contributed by atoms with Crippen molar-refractivity contribution in [1.82, 2.24) is 5.01 Å². The molecule has 0 unspecified atom stereocenters. The lowest BCUT2D eigenvalue weighted by molar-refractivity contribution is -0.385. The Bertz CT molecular complexity index is 1270. The van der Waals surface area contributed by atoms with Crippen LogP contribution < -0.4 is 4.74 Å². The van der Waals surface area contributed by atoms with Crippen LogP contribution in [-0.2, 0) is 16.2 Å². The predicted molar refractivity (Wildman–Crippen MR) is 131 cm³/mol. The summed E-state index contributed by atoms with van der Waals surface area (Å²) in [5, 5.41) is 16.7. The Labute approximate surface area is 216 Å². The molecule has 2 fully saturated rings. The highest BCUT2D eigenvalue weighted by molar-refractivity contribution is 9.11. The van der Waals surface area contributed by atoms with Crippen molar-refractivity contribution in [3.05, 3.63) is 77.7 Å². The molecule has 2 amide bonds. The number of hydrazone groups is 1. The third kappa shape index (κ3) is 3.97. The monoisotopic (exact) mass is 607 g/mol. The highest BCUT2D eigenvalue weighted by Crippen LogP contribution is 2.52. The molecule has 11 heteroatoms. The van der Waals surface area contributed by atoms with Gasteiger partial charge in [-0.05, 0) is 36.5 Å². The van der Waals surface area contributed by atoms with Crippen molar-refractivity contribution in [2.24, 2.45) is 28.8 Å². The summed E-state index contributed by atoms with van der Waals surface area (Å²) in [6.07, 6.45) is 6.06. The zero-order chi connectivity index (χ0) is 24.1. The number of carbonyl (C=O) groups is 2. The van der Waals surface area contributed by atoms with Crippen LogP contribution in [0.15, 0.2) is 56.5 Å². The number of amides is 2. The summed E-state index contributed by atoms with van der Waals surface area (Å²) in [6.45, 7) is 0.0534. The molecule has 1 saturated heterocycles. The van der Waals surface area contributed by atoms with Crippen molar-refractivity contribution in [1.29, 1.82) is 0 Å². The van der Waals surface area contributed by atoms with Crippen LogP contribution >= 0.6 is 43.5 Å². The molecule has 8 nitrogen and oxygen atoms in total. The lowest BCUT2D eigenvalue weighted by Crippen LogP contribution is -2.28. The number of fused-ring (bicyclic) bond motifs is 5. The first-order valence-electron chi connectivity index (χ1n) is 10.4. The number of halogens is 3. The van der Waals surface area contributed by atoms with Crippen molar-refractivity contribution in [3.63, 3.8) is 0 Å². The van der Waals surface area contributed by atoms with Crippen LogP contribution in [-0.4, -0.2) is 28.0 Å². The number of hydrogen-bond acceptors (Lipinski definition) is 6. The highest BCUT2D eigenvalue weighted by atomic mass is 79.9. The van der Waals surface area contributed by atoms with E-state index >= 15 is 0 Å². The third-order valence-corrected chi connectivity index (χ3v) is 7.91. The fourth-order valence-electron chi connectivity index (χ4n) is 4.87. The van der Waals surface area contributed by atoms with E-state index in [1.54, 1.807) is 0 Å². The molecule has 0 N–H and O–H groups in total. The Morgan fingerprint density at radius 3 is 2.44 bits per heavy atom. The van der Waals surface area contributed by atoms with E-state index in [1.165, 1.54) is 18.3 Å².